The van der Waals surface area contributed by atoms with E-state index < -0.39 is 0 Å². The standard InChI is InChI=1S/C17H17NO/c1-13(2)19-17-9-8-15(11-16(17)12-18)10-14-6-4-3-5-7-14/h3-9,11,13H,10H2,1-2H3. The molecular weight excluding hydrogens is 234 g/mol. The summed E-state index contributed by atoms with van der Waals surface area (Å²) in [5, 5.41) is 9.19. The summed E-state index contributed by atoms with van der Waals surface area (Å²) in [6, 6.07) is 18.2. The van der Waals surface area contributed by atoms with Gasteiger partial charge in [-0.1, -0.05) is 36.4 Å². The molecule has 0 unspecified atom stereocenters. The number of benzene rings is 2. The Bertz CT molecular complexity index is 582. The van der Waals surface area contributed by atoms with Crippen molar-refractivity contribution in [2.75, 3.05) is 0 Å². The Kier molecular flexibility index (Phi) is 4.20. The number of hydrogen-bond acceptors (Lipinski definition) is 2. The maximum absolute atomic E-state index is 9.19. The summed E-state index contributed by atoms with van der Waals surface area (Å²) >= 11 is 0. The third-order valence-electron chi connectivity index (χ3n) is 2.78. The van der Waals surface area contributed by atoms with Crippen LogP contribution in [0.2, 0.25) is 0 Å². The molecule has 96 valence electrons. The molecule has 0 aliphatic carbocycles. The second-order valence-corrected chi connectivity index (χ2v) is 4.77. The minimum Gasteiger partial charge on any atom is -0.490 e. The Morgan fingerprint density at radius 3 is 2.42 bits per heavy atom. The van der Waals surface area contributed by atoms with Crippen LogP contribution >= 0.6 is 0 Å². The van der Waals surface area contributed by atoms with E-state index in [2.05, 4.69) is 18.2 Å². The molecule has 0 fully saturated rings. The van der Waals surface area contributed by atoms with Crippen molar-refractivity contribution < 1.29 is 4.74 Å². The topological polar surface area (TPSA) is 33.0 Å². The fraction of sp³-hybridized carbons (Fsp3) is 0.235. The molecular formula is C17H17NO. The van der Waals surface area contributed by atoms with E-state index in [0.29, 0.717) is 11.3 Å². The Hall–Kier alpha value is -2.27. The van der Waals surface area contributed by atoms with Crippen molar-refractivity contribution in [3.8, 4) is 11.8 Å². The molecule has 0 N–H and O–H groups in total. The van der Waals surface area contributed by atoms with E-state index >= 15 is 0 Å². The molecule has 0 amide bonds. The molecule has 0 radical (unpaired) electrons. The zero-order chi connectivity index (χ0) is 13.7. The van der Waals surface area contributed by atoms with Crippen molar-refractivity contribution in [2.45, 2.75) is 26.4 Å². The lowest BCUT2D eigenvalue weighted by molar-refractivity contribution is 0.241. The lowest BCUT2D eigenvalue weighted by atomic mass is 10.0. The van der Waals surface area contributed by atoms with Gasteiger partial charge in [-0.15, -0.1) is 0 Å². The highest BCUT2D eigenvalue weighted by atomic mass is 16.5. The van der Waals surface area contributed by atoms with Gasteiger partial charge in [0.05, 0.1) is 11.7 Å². The van der Waals surface area contributed by atoms with Gasteiger partial charge in [0.1, 0.15) is 11.8 Å². The molecule has 2 heteroatoms. The first-order chi connectivity index (χ1) is 9.19. The highest BCUT2D eigenvalue weighted by Crippen LogP contribution is 2.22. The molecule has 0 atom stereocenters. The first-order valence-electron chi connectivity index (χ1n) is 6.42. The number of rotatable bonds is 4. The molecule has 0 spiro atoms. The summed E-state index contributed by atoms with van der Waals surface area (Å²) in [6.45, 7) is 3.91. The monoisotopic (exact) mass is 251 g/mol. The smallest absolute Gasteiger partial charge is 0.137 e. The molecule has 0 aliphatic rings. The number of nitrogens with zero attached hydrogens (tertiary/aromatic N) is 1. The lowest BCUT2D eigenvalue weighted by Gasteiger charge is -2.12. The average molecular weight is 251 g/mol. The van der Waals surface area contributed by atoms with Crippen LogP contribution in [0, 0.1) is 11.3 Å². The van der Waals surface area contributed by atoms with Crippen molar-refractivity contribution in [1.29, 1.82) is 5.26 Å². The SMILES string of the molecule is CC(C)Oc1ccc(Cc2ccccc2)cc1C#N. The van der Waals surface area contributed by atoms with Gasteiger partial charge >= 0.3 is 0 Å². The van der Waals surface area contributed by atoms with Gasteiger partial charge in [0.15, 0.2) is 0 Å². The quantitative estimate of drug-likeness (QED) is 0.824. The van der Waals surface area contributed by atoms with Crippen LogP contribution in [0.15, 0.2) is 48.5 Å². The van der Waals surface area contributed by atoms with Crippen LogP contribution < -0.4 is 4.74 Å². The molecule has 0 heterocycles. The summed E-state index contributed by atoms with van der Waals surface area (Å²) in [4.78, 5) is 0. The normalized spacial score (nSPS) is 10.2. The van der Waals surface area contributed by atoms with Crippen molar-refractivity contribution in [2.24, 2.45) is 0 Å². The van der Waals surface area contributed by atoms with Gasteiger partial charge in [0.25, 0.3) is 0 Å². The second kappa shape index (κ2) is 6.06. The van der Waals surface area contributed by atoms with E-state index in [-0.39, 0.29) is 6.10 Å². The van der Waals surface area contributed by atoms with Gasteiger partial charge in [-0.3, -0.25) is 0 Å². The average Bonchev–Trinajstić information content (AvgIpc) is 2.41. The largest absolute Gasteiger partial charge is 0.490 e. The summed E-state index contributed by atoms with van der Waals surface area (Å²) in [5.74, 6) is 0.661. The first kappa shape index (κ1) is 13.2. The van der Waals surface area contributed by atoms with Crippen LogP contribution in [0.1, 0.15) is 30.5 Å². The summed E-state index contributed by atoms with van der Waals surface area (Å²) in [7, 11) is 0. The van der Waals surface area contributed by atoms with E-state index in [1.807, 2.05) is 50.2 Å². The molecule has 2 rings (SSSR count). The maximum Gasteiger partial charge on any atom is 0.137 e. The van der Waals surface area contributed by atoms with Crippen LogP contribution in [0.25, 0.3) is 0 Å². The predicted octanol–water partition coefficient (Wildman–Crippen LogP) is 3.94. The van der Waals surface area contributed by atoms with Gasteiger partial charge in [-0.25, -0.2) is 0 Å². The van der Waals surface area contributed by atoms with Gasteiger partial charge in [0.2, 0.25) is 0 Å². The molecule has 0 saturated carbocycles. The van der Waals surface area contributed by atoms with Crippen LogP contribution in [-0.4, -0.2) is 6.10 Å². The minimum absolute atomic E-state index is 0.0760. The van der Waals surface area contributed by atoms with E-state index in [4.69, 9.17) is 4.74 Å². The zero-order valence-corrected chi connectivity index (χ0v) is 11.3. The molecule has 2 aromatic carbocycles. The third kappa shape index (κ3) is 3.59. The van der Waals surface area contributed by atoms with Crippen LogP contribution in [0.4, 0.5) is 0 Å². The molecule has 0 bridgehead atoms. The van der Waals surface area contributed by atoms with Gasteiger partial charge < -0.3 is 4.74 Å². The van der Waals surface area contributed by atoms with Crippen molar-refractivity contribution >= 4 is 0 Å². The first-order valence-corrected chi connectivity index (χ1v) is 6.42. The highest BCUT2D eigenvalue weighted by molar-refractivity contribution is 5.46. The van der Waals surface area contributed by atoms with E-state index in [1.165, 1.54) is 5.56 Å². The van der Waals surface area contributed by atoms with Crippen molar-refractivity contribution in [3.05, 3.63) is 65.2 Å². The fourth-order valence-corrected chi connectivity index (χ4v) is 1.96. The van der Waals surface area contributed by atoms with E-state index in [0.717, 1.165) is 12.0 Å². The third-order valence-corrected chi connectivity index (χ3v) is 2.78. The number of ether oxygens (including phenoxy) is 1. The highest BCUT2D eigenvalue weighted by Gasteiger charge is 2.07. The van der Waals surface area contributed by atoms with Gasteiger partial charge in [-0.2, -0.15) is 5.26 Å². The van der Waals surface area contributed by atoms with Crippen molar-refractivity contribution in [1.82, 2.24) is 0 Å². The minimum atomic E-state index is 0.0760. The molecule has 2 aromatic rings. The Morgan fingerprint density at radius 2 is 1.79 bits per heavy atom. The maximum atomic E-state index is 9.19. The summed E-state index contributed by atoms with van der Waals surface area (Å²) in [6.07, 6.45) is 0.907. The molecule has 19 heavy (non-hydrogen) atoms. The van der Waals surface area contributed by atoms with Crippen LogP contribution in [0.5, 0.6) is 5.75 Å². The Morgan fingerprint density at radius 1 is 1.05 bits per heavy atom. The predicted molar refractivity (Wildman–Crippen MR) is 76.2 cm³/mol. The van der Waals surface area contributed by atoms with Crippen LogP contribution in [0.3, 0.4) is 0 Å². The Labute approximate surface area is 114 Å². The molecule has 0 aliphatic heterocycles. The van der Waals surface area contributed by atoms with Crippen molar-refractivity contribution in [3.63, 3.8) is 0 Å². The van der Waals surface area contributed by atoms with Crippen LogP contribution in [-0.2, 0) is 6.42 Å². The number of hydrogen-bond donors (Lipinski definition) is 0. The number of nitriles is 1. The van der Waals surface area contributed by atoms with Gasteiger partial charge in [-0.05, 0) is 43.5 Å². The molecule has 0 saturated heterocycles. The molecule has 0 aromatic heterocycles. The molecule has 2 nitrogen and oxygen atoms in total. The van der Waals surface area contributed by atoms with E-state index in [9.17, 15) is 5.26 Å². The fourth-order valence-electron chi connectivity index (χ4n) is 1.96. The lowest BCUT2D eigenvalue weighted by Crippen LogP contribution is -2.07. The zero-order valence-electron chi connectivity index (χ0n) is 11.3. The Balaban J connectivity index is 2.22. The van der Waals surface area contributed by atoms with Gasteiger partial charge in [0, 0.05) is 0 Å². The summed E-state index contributed by atoms with van der Waals surface area (Å²) < 4.78 is 5.62. The second-order valence-electron chi connectivity index (χ2n) is 4.77. The summed E-state index contributed by atoms with van der Waals surface area (Å²) in [5.41, 5.74) is 2.96. The van der Waals surface area contributed by atoms with E-state index in [1.54, 1.807) is 0 Å².